The number of rotatable bonds is 6. The van der Waals surface area contributed by atoms with Gasteiger partial charge in [0, 0.05) is 23.1 Å². The van der Waals surface area contributed by atoms with Crippen molar-refractivity contribution in [2.24, 2.45) is 0 Å². The molecule has 3 aromatic rings. The van der Waals surface area contributed by atoms with Gasteiger partial charge in [0.25, 0.3) is 11.6 Å². The van der Waals surface area contributed by atoms with Gasteiger partial charge in [0.1, 0.15) is 11.6 Å². The number of hydrogen-bond acceptors (Lipinski definition) is 6. The minimum atomic E-state index is -0.580. The summed E-state index contributed by atoms with van der Waals surface area (Å²) < 4.78 is 18.2. The van der Waals surface area contributed by atoms with Crippen molar-refractivity contribution in [1.29, 1.82) is 0 Å². The number of nitrogens with one attached hydrogen (secondary N) is 1. The summed E-state index contributed by atoms with van der Waals surface area (Å²) in [4.78, 5) is 26.3. The molecule has 0 aliphatic rings. The van der Waals surface area contributed by atoms with Gasteiger partial charge in [-0.2, -0.15) is 0 Å². The molecule has 10 heteroatoms. The molecule has 1 heterocycles. The zero-order valence-corrected chi connectivity index (χ0v) is 15.1. The van der Waals surface area contributed by atoms with E-state index in [1.54, 1.807) is 17.5 Å². The number of thiazole rings is 1. The summed E-state index contributed by atoms with van der Waals surface area (Å²) in [5, 5.41) is 15.4. The second-order valence-electron chi connectivity index (χ2n) is 5.25. The van der Waals surface area contributed by atoms with Gasteiger partial charge in [0.2, 0.25) is 0 Å². The lowest BCUT2D eigenvalue weighted by Gasteiger charge is -2.07. The van der Waals surface area contributed by atoms with Crippen molar-refractivity contribution in [2.45, 2.75) is 0 Å². The fraction of sp³-hybridized carbons (Fsp3) is 0.0588. The SMILES string of the molecule is O=C(COc1ccc([N+](=O)[O-])cc1Cl)Nc1nc(-c2ccc(F)cc2)cs1. The van der Waals surface area contributed by atoms with E-state index in [4.69, 9.17) is 16.3 Å². The molecule has 1 amide bonds. The van der Waals surface area contributed by atoms with Crippen LogP contribution in [0, 0.1) is 15.9 Å². The quantitative estimate of drug-likeness (QED) is 0.478. The van der Waals surface area contributed by atoms with Gasteiger partial charge in [-0.15, -0.1) is 11.3 Å². The number of nitro groups is 1. The van der Waals surface area contributed by atoms with E-state index in [2.05, 4.69) is 10.3 Å². The first-order chi connectivity index (χ1) is 12.9. The summed E-state index contributed by atoms with van der Waals surface area (Å²) in [5.74, 6) is -0.655. The monoisotopic (exact) mass is 407 g/mol. The highest BCUT2D eigenvalue weighted by Gasteiger charge is 2.13. The van der Waals surface area contributed by atoms with Crippen molar-refractivity contribution in [1.82, 2.24) is 4.98 Å². The fourth-order valence-electron chi connectivity index (χ4n) is 2.10. The van der Waals surface area contributed by atoms with E-state index in [1.807, 2.05) is 0 Å². The van der Waals surface area contributed by atoms with Gasteiger partial charge in [0.15, 0.2) is 11.7 Å². The number of halogens is 2. The third-order valence-corrected chi connectivity index (χ3v) is 4.43. The summed E-state index contributed by atoms with van der Waals surface area (Å²) in [6, 6.07) is 9.54. The zero-order chi connectivity index (χ0) is 19.4. The van der Waals surface area contributed by atoms with E-state index in [9.17, 15) is 19.3 Å². The van der Waals surface area contributed by atoms with E-state index in [1.165, 1.54) is 35.6 Å². The molecule has 0 aliphatic carbocycles. The lowest BCUT2D eigenvalue weighted by atomic mass is 10.2. The molecular formula is C17H11ClFN3O4S. The molecule has 0 saturated heterocycles. The van der Waals surface area contributed by atoms with Crippen LogP contribution in [0.2, 0.25) is 5.02 Å². The lowest BCUT2D eigenvalue weighted by molar-refractivity contribution is -0.384. The van der Waals surface area contributed by atoms with Gasteiger partial charge >= 0.3 is 0 Å². The van der Waals surface area contributed by atoms with Crippen LogP contribution < -0.4 is 10.1 Å². The predicted octanol–water partition coefficient (Wildman–Crippen LogP) is 4.53. The molecule has 0 atom stereocenters. The Bertz CT molecular complexity index is 994. The van der Waals surface area contributed by atoms with Crippen LogP contribution in [0.15, 0.2) is 47.8 Å². The molecule has 1 N–H and O–H groups in total. The number of carbonyl (C=O) groups is 1. The zero-order valence-electron chi connectivity index (χ0n) is 13.5. The molecule has 1 aromatic heterocycles. The van der Waals surface area contributed by atoms with Crippen LogP contribution in [0.3, 0.4) is 0 Å². The van der Waals surface area contributed by atoms with E-state index < -0.39 is 10.8 Å². The van der Waals surface area contributed by atoms with Crippen molar-refractivity contribution >= 4 is 39.7 Å². The Kier molecular flexibility index (Phi) is 5.63. The lowest BCUT2D eigenvalue weighted by Crippen LogP contribution is -2.20. The molecule has 0 fully saturated rings. The highest BCUT2D eigenvalue weighted by molar-refractivity contribution is 7.14. The van der Waals surface area contributed by atoms with Crippen molar-refractivity contribution < 1.29 is 18.8 Å². The summed E-state index contributed by atoms with van der Waals surface area (Å²) in [6.45, 7) is -0.344. The first kappa shape index (κ1) is 18.7. The number of nitrogens with zero attached hydrogens (tertiary/aromatic N) is 2. The Balaban J connectivity index is 1.58. The van der Waals surface area contributed by atoms with Gasteiger partial charge in [-0.1, -0.05) is 11.6 Å². The summed E-state index contributed by atoms with van der Waals surface area (Å²) in [6.07, 6.45) is 0. The normalized spacial score (nSPS) is 10.4. The molecule has 0 bridgehead atoms. The van der Waals surface area contributed by atoms with Crippen LogP contribution in [0.5, 0.6) is 5.75 Å². The largest absolute Gasteiger partial charge is 0.482 e. The summed E-state index contributed by atoms with van der Waals surface area (Å²) in [5.41, 5.74) is 1.16. The van der Waals surface area contributed by atoms with Gasteiger partial charge in [-0.05, 0) is 30.3 Å². The van der Waals surface area contributed by atoms with Crippen molar-refractivity contribution in [3.8, 4) is 17.0 Å². The standard InChI is InChI=1S/C17H11ClFN3O4S/c18-13-7-12(22(24)25)5-6-15(13)26-8-16(23)21-17-20-14(9-27-17)10-1-3-11(19)4-2-10/h1-7,9H,8H2,(H,20,21,23). The fourth-order valence-corrected chi connectivity index (χ4v) is 3.07. The molecular weight excluding hydrogens is 397 g/mol. The molecule has 0 spiro atoms. The second kappa shape index (κ2) is 8.11. The maximum absolute atomic E-state index is 13.0. The first-order valence-corrected chi connectivity index (χ1v) is 8.76. The van der Waals surface area contributed by atoms with Crippen LogP contribution >= 0.6 is 22.9 Å². The van der Waals surface area contributed by atoms with Crippen LogP contribution in [0.25, 0.3) is 11.3 Å². The molecule has 0 aliphatic heterocycles. The molecule has 7 nitrogen and oxygen atoms in total. The molecule has 0 saturated carbocycles. The number of benzene rings is 2. The average molecular weight is 408 g/mol. The molecule has 0 radical (unpaired) electrons. The Morgan fingerprint density at radius 2 is 2.04 bits per heavy atom. The number of nitro benzene ring substituents is 1. The van der Waals surface area contributed by atoms with E-state index in [0.717, 1.165) is 11.6 Å². The van der Waals surface area contributed by atoms with Gasteiger partial charge < -0.3 is 4.74 Å². The first-order valence-electron chi connectivity index (χ1n) is 7.50. The minimum Gasteiger partial charge on any atom is -0.482 e. The van der Waals surface area contributed by atoms with Crippen LogP contribution in [0.4, 0.5) is 15.2 Å². The van der Waals surface area contributed by atoms with Crippen molar-refractivity contribution in [2.75, 3.05) is 11.9 Å². The number of anilines is 1. The minimum absolute atomic E-state index is 0.0323. The number of carbonyl (C=O) groups excluding carboxylic acids is 1. The maximum Gasteiger partial charge on any atom is 0.271 e. The topological polar surface area (TPSA) is 94.4 Å². The van der Waals surface area contributed by atoms with Crippen LogP contribution in [-0.4, -0.2) is 22.4 Å². The number of ether oxygens (including phenoxy) is 1. The molecule has 138 valence electrons. The smallest absolute Gasteiger partial charge is 0.271 e. The predicted molar refractivity (Wildman–Crippen MR) is 99.7 cm³/mol. The molecule has 2 aromatic carbocycles. The van der Waals surface area contributed by atoms with Crippen LogP contribution in [-0.2, 0) is 4.79 Å². The Morgan fingerprint density at radius 1 is 1.30 bits per heavy atom. The Labute approximate surface area is 161 Å². The average Bonchev–Trinajstić information content (AvgIpc) is 3.09. The van der Waals surface area contributed by atoms with Gasteiger partial charge in [-0.25, -0.2) is 9.37 Å². The Morgan fingerprint density at radius 3 is 2.70 bits per heavy atom. The van der Waals surface area contributed by atoms with Crippen molar-refractivity contribution in [3.63, 3.8) is 0 Å². The van der Waals surface area contributed by atoms with E-state index in [-0.39, 0.29) is 28.9 Å². The molecule has 0 unspecified atom stereocenters. The number of aromatic nitrogens is 1. The van der Waals surface area contributed by atoms with E-state index in [0.29, 0.717) is 10.8 Å². The highest BCUT2D eigenvalue weighted by Crippen LogP contribution is 2.29. The van der Waals surface area contributed by atoms with Crippen molar-refractivity contribution in [3.05, 3.63) is 68.8 Å². The third-order valence-electron chi connectivity index (χ3n) is 3.38. The van der Waals surface area contributed by atoms with Crippen LogP contribution in [0.1, 0.15) is 0 Å². The Hall–Kier alpha value is -3.04. The van der Waals surface area contributed by atoms with E-state index >= 15 is 0 Å². The van der Waals surface area contributed by atoms with Gasteiger partial charge in [0.05, 0.1) is 15.6 Å². The molecule has 3 rings (SSSR count). The summed E-state index contributed by atoms with van der Waals surface area (Å²) in [7, 11) is 0. The second-order valence-corrected chi connectivity index (χ2v) is 6.52. The maximum atomic E-state index is 13.0. The third kappa shape index (κ3) is 4.78. The molecule has 27 heavy (non-hydrogen) atoms. The highest BCUT2D eigenvalue weighted by atomic mass is 35.5. The number of amides is 1. The summed E-state index contributed by atoms with van der Waals surface area (Å²) >= 11 is 7.11. The van der Waals surface area contributed by atoms with Gasteiger partial charge in [-0.3, -0.25) is 20.2 Å². The number of non-ortho nitro benzene ring substituents is 1. The number of hydrogen-bond donors (Lipinski definition) is 1.